The van der Waals surface area contributed by atoms with Gasteiger partial charge in [0.05, 0.1) is 6.61 Å². The molecule has 1 fully saturated rings. The Hall–Kier alpha value is -0.900. The van der Waals surface area contributed by atoms with Gasteiger partial charge in [0.2, 0.25) is 0 Å². The fourth-order valence-electron chi connectivity index (χ4n) is 2.99. The lowest BCUT2D eigenvalue weighted by Crippen LogP contribution is -2.35. The number of aliphatic hydroxyl groups is 1. The molecule has 0 saturated carbocycles. The number of nitrogens with one attached hydrogen (secondary N) is 1. The number of hydrogen-bond donors (Lipinski definition) is 2. The Morgan fingerprint density at radius 3 is 2.81 bits per heavy atom. The summed E-state index contributed by atoms with van der Waals surface area (Å²) >= 11 is 0. The summed E-state index contributed by atoms with van der Waals surface area (Å²) in [6.45, 7) is 9.48. The van der Waals surface area contributed by atoms with E-state index in [0.717, 1.165) is 18.0 Å². The van der Waals surface area contributed by atoms with E-state index in [-0.39, 0.29) is 6.61 Å². The maximum absolute atomic E-state index is 9.19. The van der Waals surface area contributed by atoms with Crippen LogP contribution >= 0.6 is 0 Å². The number of nitrogens with zero attached hydrogens (tertiary/aromatic N) is 1. The molecule has 0 aromatic heterocycles. The molecule has 2 rings (SSSR count). The molecular formula is C18H30N2O. The van der Waals surface area contributed by atoms with Crippen LogP contribution in [0.15, 0.2) is 24.3 Å². The second kappa shape index (κ2) is 8.52. The van der Waals surface area contributed by atoms with Gasteiger partial charge in [0.25, 0.3) is 0 Å². The van der Waals surface area contributed by atoms with Crippen molar-refractivity contribution in [3.05, 3.63) is 35.4 Å². The Labute approximate surface area is 129 Å². The first-order valence-corrected chi connectivity index (χ1v) is 8.34. The van der Waals surface area contributed by atoms with Crippen LogP contribution in [-0.2, 0) is 6.61 Å². The minimum atomic E-state index is 0.119. The van der Waals surface area contributed by atoms with E-state index >= 15 is 0 Å². The molecule has 118 valence electrons. The molecular weight excluding hydrogens is 260 g/mol. The van der Waals surface area contributed by atoms with Crippen molar-refractivity contribution in [1.82, 2.24) is 10.2 Å². The molecule has 1 heterocycles. The zero-order valence-electron chi connectivity index (χ0n) is 13.5. The van der Waals surface area contributed by atoms with Gasteiger partial charge in [0.1, 0.15) is 0 Å². The highest BCUT2D eigenvalue weighted by Gasteiger charge is 2.14. The fourth-order valence-corrected chi connectivity index (χ4v) is 2.99. The summed E-state index contributed by atoms with van der Waals surface area (Å²) in [4.78, 5) is 2.60. The van der Waals surface area contributed by atoms with Gasteiger partial charge in [-0.25, -0.2) is 0 Å². The third-order valence-corrected chi connectivity index (χ3v) is 4.61. The minimum Gasteiger partial charge on any atom is -0.392 e. The van der Waals surface area contributed by atoms with Crippen LogP contribution in [0.5, 0.6) is 0 Å². The molecule has 1 aliphatic heterocycles. The van der Waals surface area contributed by atoms with Gasteiger partial charge in [0.15, 0.2) is 0 Å². The van der Waals surface area contributed by atoms with Gasteiger partial charge in [-0.15, -0.1) is 0 Å². The number of benzene rings is 1. The first-order valence-electron chi connectivity index (χ1n) is 8.34. The molecule has 1 saturated heterocycles. The number of likely N-dealkylation sites (tertiary alicyclic amines) is 1. The lowest BCUT2D eigenvalue weighted by Gasteiger charge is -2.30. The van der Waals surface area contributed by atoms with Crippen molar-refractivity contribution in [2.75, 3.05) is 26.2 Å². The highest BCUT2D eigenvalue weighted by atomic mass is 16.3. The van der Waals surface area contributed by atoms with Crippen LogP contribution in [0.2, 0.25) is 0 Å². The summed E-state index contributed by atoms with van der Waals surface area (Å²) < 4.78 is 0. The third kappa shape index (κ3) is 5.42. The van der Waals surface area contributed by atoms with E-state index in [1.165, 1.54) is 44.5 Å². The van der Waals surface area contributed by atoms with Gasteiger partial charge in [0, 0.05) is 6.04 Å². The largest absolute Gasteiger partial charge is 0.392 e. The smallest absolute Gasteiger partial charge is 0.0681 e. The van der Waals surface area contributed by atoms with Crippen LogP contribution in [0.1, 0.15) is 50.3 Å². The molecule has 0 bridgehead atoms. The summed E-state index contributed by atoms with van der Waals surface area (Å²) in [5.74, 6) is 0.915. The van der Waals surface area contributed by atoms with Crippen molar-refractivity contribution in [1.29, 1.82) is 0 Å². The van der Waals surface area contributed by atoms with Gasteiger partial charge in [-0.1, -0.05) is 31.2 Å². The molecule has 3 heteroatoms. The monoisotopic (exact) mass is 290 g/mol. The summed E-state index contributed by atoms with van der Waals surface area (Å²) in [6, 6.07) is 8.55. The fraction of sp³-hybridized carbons (Fsp3) is 0.667. The molecule has 3 nitrogen and oxygen atoms in total. The average molecular weight is 290 g/mol. The van der Waals surface area contributed by atoms with Crippen molar-refractivity contribution in [2.24, 2.45) is 5.92 Å². The van der Waals surface area contributed by atoms with Crippen LogP contribution in [0.3, 0.4) is 0 Å². The lowest BCUT2D eigenvalue weighted by molar-refractivity contribution is 0.190. The highest BCUT2D eigenvalue weighted by molar-refractivity contribution is 5.25. The minimum absolute atomic E-state index is 0.119. The molecule has 1 atom stereocenters. The SMILES string of the molecule is CC1CCN(CCCNC(C)c2cccc(CO)c2)CC1. The number of rotatable bonds is 7. The molecule has 1 aliphatic rings. The van der Waals surface area contributed by atoms with Crippen LogP contribution in [0, 0.1) is 5.92 Å². The molecule has 1 aromatic rings. The van der Waals surface area contributed by atoms with Crippen molar-refractivity contribution in [3.63, 3.8) is 0 Å². The van der Waals surface area contributed by atoms with E-state index in [1.54, 1.807) is 0 Å². The molecule has 0 spiro atoms. The van der Waals surface area contributed by atoms with Crippen LogP contribution in [-0.4, -0.2) is 36.2 Å². The van der Waals surface area contributed by atoms with Crippen LogP contribution < -0.4 is 5.32 Å². The quantitative estimate of drug-likeness (QED) is 0.758. The number of piperidine rings is 1. The Morgan fingerprint density at radius 1 is 1.33 bits per heavy atom. The Morgan fingerprint density at radius 2 is 2.10 bits per heavy atom. The maximum Gasteiger partial charge on any atom is 0.0681 e. The van der Waals surface area contributed by atoms with Crippen molar-refractivity contribution in [2.45, 2.75) is 45.8 Å². The van der Waals surface area contributed by atoms with Crippen molar-refractivity contribution >= 4 is 0 Å². The zero-order chi connectivity index (χ0) is 15.1. The first kappa shape index (κ1) is 16.5. The predicted molar refractivity (Wildman–Crippen MR) is 88.2 cm³/mol. The van der Waals surface area contributed by atoms with Crippen molar-refractivity contribution in [3.8, 4) is 0 Å². The molecule has 0 amide bonds. The van der Waals surface area contributed by atoms with E-state index in [4.69, 9.17) is 0 Å². The van der Waals surface area contributed by atoms with E-state index < -0.39 is 0 Å². The summed E-state index contributed by atoms with van der Waals surface area (Å²) in [7, 11) is 0. The predicted octanol–water partition coefficient (Wildman–Crippen LogP) is 2.95. The molecule has 1 unspecified atom stereocenters. The van der Waals surface area contributed by atoms with E-state index in [0.29, 0.717) is 6.04 Å². The topological polar surface area (TPSA) is 35.5 Å². The third-order valence-electron chi connectivity index (χ3n) is 4.61. The van der Waals surface area contributed by atoms with Gasteiger partial charge in [-0.2, -0.15) is 0 Å². The first-order chi connectivity index (χ1) is 10.2. The van der Waals surface area contributed by atoms with Crippen molar-refractivity contribution < 1.29 is 5.11 Å². The highest BCUT2D eigenvalue weighted by Crippen LogP contribution is 2.16. The van der Waals surface area contributed by atoms with Gasteiger partial charge in [-0.3, -0.25) is 0 Å². The second-order valence-electron chi connectivity index (χ2n) is 6.46. The lowest BCUT2D eigenvalue weighted by atomic mass is 9.99. The standard InChI is InChI=1S/C18H30N2O/c1-15-7-11-20(12-8-15)10-4-9-19-16(2)18-6-3-5-17(13-18)14-21/h3,5-6,13,15-16,19,21H,4,7-12,14H2,1-2H3. The van der Waals surface area contributed by atoms with Gasteiger partial charge >= 0.3 is 0 Å². The average Bonchev–Trinajstić information content (AvgIpc) is 2.53. The van der Waals surface area contributed by atoms with Crippen LogP contribution in [0.25, 0.3) is 0 Å². The zero-order valence-corrected chi connectivity index (χ0v) is 13.5. The molecule has 21 heavy (non-hydrogen) atoms. The number of aliphatic hydroxyl groups excluding tert-OH is 1. The molecule has 0 aliphatic carbocycles. The summed E-state index contributed by atoms with van der Waals surface area (Å²) in [6.07, 6.45) is 3.92. The van der Waals surface area contributed by atoms with Gasteiger partial charge in [-0.05, 0) is 69.4 Å². The number of hydrogen-bond acceptors (Lipinski definition) is 3. The van der Waals surface area contributed by atoms with Crippen LogP contribution in [0.4, 0.5) is 0 Å². The van der Waals surface area contributed by atoms with E-state index in [9.17, 15) is 5.11 Å². The summed E-state index contributed by atoms with van der Waals surface area (Å²) in [5, 5.41) is 12.8. The van der Waals surface area contributed by atoms with E-state index in [1.807, 2.05) is 12.1 Å². The summed E-state index contributed by atoms with van der Waals surface area (Å²) in [5.41, 5.74) is 2.25. The van der Waals surface area contributed by atoms with Gasteiger partial charge < -0.3 is 15.3 Å². The Bertz CT molecular complexity index is 413. The van der Waals surface area contributed by atoms with E-state index in [2.05, 4.69) is 36.2 Å². The Balaban J connectivity index is 1.66. The Kier molecular flexibility index (Phi) is 6.68. The molecule has 2 N–H and O–H groups in total. The molecule has 1 aromatic carbocycles. The molecule has 0 radical (unpaired) electrons. The normalized spacial score (nSPS) is 18.8. The second-order valence-corrected chi connectivity index (χ2v) is 6.46. The maximum atomic E-state index is 9.19.